The van der Waals surface area contributed by atoms with Gasteiger partial charge in [0, 0.05) is 18.8 Å². The molecule has 7 nitrogen and oxygen atoms in total. The fourth-order valence-electron chi connectivity index (χ4n) is 3.07. The van der Waals surface area contributed by atoms with Crippen molar-refractivity contribution < 1.29 is 14.3 Å². The average molecular weight is 461 g/mol. The number of benzene rings is 2. The van der Waals surface area contributed by atoms with Gasteiger partial charge in [-0.25, -0.2) is 9.37 Å². The van der Waals surface area contributed by atoms with Crippen molar-refractivity contribution in [1.29, 1.82) is 0 Å². The second-order valence-electron chi connectivity index (χ2n) is 6.76. The Morgan fingerprint density at radius 2 is 1.77 bits per heavy atom. The van der Waals surface area contributed by atoms with E-state index in [4.69, 9.17) is 23.2 Å². The molecule has 0 saturated carbocycles. The van der Waals surface area contributed by atoms with Gasteiger partial charge in [-0.2, -0.15) is 4.52 Å². The fraction of sp³-hybridized carbons (Fsp3) is 0.0952. The molecule has 0 aliphatic heterocycles. The Labute approximate surface area is 185 Å². The summed E-state index contributed by atoms with van der Waals surface area (Å²) < 4.78 is 15.8. The lowest BCUT2D eigenvalue weighted by Gasteiger charge is -2.10. The first-order chi connectivity index (χ1) is 14.8. The molecule has 0 aliphatic carbocycles. The van der Waals surface area contributed by atoms with Gasteiger partial charge in [-0.15, -0.1) is 0 Å². The first-order valence-corrected chi connectivity index (χ1v) is 9.87. The van der Waals surface area contributed by atoms with E-state index in [1.807, 2.05) is 0 Å². The number of halogens is 3. The van der Waals surface area contributed by atoms with Crippen molar-refractivity contribution in [3.8, 4) is 5.75 Å². The Hall–Kier alpha value is -3.36. The molecule has 0 aliphatic rings. The fourth-order valence-corrected chi connectivity index (χ4v) is 3.39. The zero-order valence-corrected chi connectivity index (χ0v) is 17.4. The van der Waals surface area contributed by atoms with Crippen LogP contribution in [-0.2, 0) is 13.1 Å². The minimum absolute atomic E-state index is 0.0990. The van der Waals surface area contributed by atoms with E-state index in [-0.39, 0.29) is 30.2 Å². The van der Waals surface area contributed by atoms with Crippen LogP contribution in [0.5, 0.6) is 5.75 Å². The lowest BCUT2D eigenvalue weighted by molar-refractivity contribution is 0.0942. The van der Waals surface area contributed by atoms with E-state index in [1.54, 1.807) is 42.6 Å². The number of nitrogens with zero attached hydrogens (tertiary/aromatic N) is 3. The maximum Gasteiger partial charge on any atom is 0.315 e. The molecule has 31 heavy (non-hydrogen) atoms. The van der Waals surface area contributed by atoms with Gasteiger partial charge >= 0.3 is 5.56 Å². The SMILES string of the molecule is O=C(NCc1ccc(Cl)c(Cl)c1)c1nc2ccn(Cc3ccc(F)cc3)n2c(=O)c1O. The molecule has 0 radical (unpaired) electrons. The van der Waals surface area contributed by atoms with Crippen LogP contribution in [0.15, 0.2) is 59.5 Å². The Morgan fingerprint density at radius 1 is 1.06 bits per heavy atom. The van der Waals surface area contributed by atoms with Crippen LogP contribution in [0, 0.1) is 5.82 Å². The van der Waals surface area contributed by atoms with Crippen LogP contribution in [0.1, 0.15) is 21.6 Å². The normalized spacial score (nSPS) is 11.1. The minimum Gasteiger partial charge on any atom is -0.501 e. The van der Waals surface area contributed by atoms with Crippen LogP contribution in [0.25, 0.3) is 5.65 Å². The highest BCUT2D eigenvalue weighted by atomic mass is 35.5. The molecule has 0 bridgehead atoms. The van der Waals surface area contributed by atoms with E-state index in [9.17, 15) is 19.1 Å². The number of amides is 1. The number of nitrogens with one attached hydrogen (secondary N) is 1. The van der Waals surface area contributed by atoms with Crippen molar-refractivity contribution in [3.63, 3.8) is 0 Å². The summed E-state index contributed by atoms with van der Waals surface area (Å²) in [5.74, 6) is -1.85. The van der Waals surface area contributed by atoms with Crippen molar-refractivity contribution in [3.05, 3.63) is 97.8 Å². The molecular weight excluding hydrogens is 446 g/mol. The number of carbonyl (C=O) groups is 1. The molecule has 158 valence electrons. The van der Waals surface area contributed by atoms with Gasteiger partial charge in [0.05, 0.1) is 16.6 Å². The third-order valence-electron chi connectivity index (χ3n) is 4.63. The standard InChI is InChI=1S/C21H15Cl2FN4O3/c22-15-6-3-13(9-16(15)23)10-25-20(30)18-19(29)21(31)28-17(26-18)7-8-27(28)11-12-1-4-14(24)5-2-12/h1-9,29H,10-11H2,(H,25,30). The zero-order valence-electron chi connectivity index (χ0n) is 15.8. The molecule has 10 heteroatoms. The van der Waals surface area contributed by atoms with E-state index >= 15 is 0 Å². The molecule has 2 aromatic heterocycles. The summed E-state index contributed by atoms with van der Waals surface area (Å²) in [6, 6.07) is 12.2. The first-order valence-electron chi connectivity index (χ1n) is 9.11. The van der Waals surface area contributed by atoms with E-state index in [0.29, 0.717) is 15.6 Å². The number of aromatic nitrogens is 3. The maximum absolute atomic E-state index is 13.1. The topological polar surface area (TPSA) is 88.6 Å². The number of hydrogen-bond acceptors (Lipinski definition) is 4. The van der Waals surface area contributed by atoms with Gasteiger partial charge in [-0.3, -0.25) is 14.3 Å². The molecular formula is C21H15Cl2FN4O3. The molecule has 2 N–H and O–H groups in total. The van der Waals surface area contributed by atoms with Crippen LogP contribution < -0.4 is 10.9 Å². The molecule has 1 amide bonds. The molecule has 0 unspecified atom stereocenters. The smallest absolute Gasteiger partial charge is 0.315 e. The van der Waals surface area contributed by atoms with Crippen LogP contribution in [0.3, 0.4) is 0 Å². The number of carbonyl (C=O) groups excluding carboxylic acids is 1. The van der Waals surface area contributed by atoms with E-state index < -0.39 is 17.2 Å². The molecule has 2 heterocycles. The van der Waals surface area contributed by atoms with E-state index in [1.165, 1.54) is 16.8 Å². The summed E-state index contributed by atoms with van der Waals surface area (Å²) in [5, 5.41) is 13.7. The van der Waals surface area contributed by atoms with Crippen LogP contribution in [-0.4, -0.2) is 25.2 Å². The van der Waals surface area contributed by atoms with Gasteiger partial charge in [-0.1, -0.05) is 41.4 Å². The van der Waals surface area contributed by atoms with Gasteiger partial charge < -0.3 is 10.4 Å². The number of rotatable bonds is 5. The van der Waals surface area contributed by atoms with Gasteiger partial charge in [-0.05, 0) is 35.4 Å². The highest BCUT2D eigenvalue weighted by Crippen LogP contribution is 2.22. The van der Waals surface area contributed by atoms with E-state index in [0.717, 1.165) is 10.1 Å². The van der Waals surface area contributed by atoms with Gasteiger partial charge in [0.15, 0.2) is 11.3 Å². The van der Waals surface area contributed by atoms with Crippen molar-refractivity contribution in [2.75, 3.05) is 0 Å². The largest absolute Gasteiger partial charge is 0.501 e. The van der Waals surface area contributed by atoms with Crippen molar-refractivity contribution in [2.45, 2.75) is 13.1 Å². The third kappa shape index (κ3) is 4.26. The predicted molar refractivity (Wildman–Crippen MR) is 114 cm³/mol. The predicted octanol–water partition coefficient (Wildman–Crippen LogP) is 3.63. The molecule has 0 spiro atoms. The third-order valence-corrected chi connectivity index (χ3v) is 5.36. The Kier molecular flexibility index (Phi) is 5.67. The van der Waals surface area contributed by atoms with Crippen LogP contribution >= 0.6 is 23.2 Å². The quantitative estimate of drug-likeness (QED) is 0.475. The van der Waals surface area contributed by atoms with Gasteiger partial charge in [0.2, 0.25) is 5.75 Å². The van der Waals surface area contributed by atoms with Crippen molar-refractivity contribution >= 4 is 34.8 Å². The number of fused-ring (bicyclic) bond motifs is 1. The first kappa shape index (κ1) is 20.9. The number of aromatic hydroxyl groups is 1. The summed E-state index contributed by atoms with van der Waals surface area (Å²) in [7, 11) is 0. The molecule has 0 fully saturated rings. The van der Waals surface area contributed by atoms with Gasteiger partial charge in [0.25, 0.3) is 5.91 Å². The van der Waals surface area contributed by atoms with Crippen LogP contribution in [0.2, 0.25) is 10.0 Å². The molecule has 4 rings (SSSR count). The summed E-state index contributed by atoms with van der Waals surface area (Å²) in [6.07, 6.45) is 1.59. The Morgan fingerprint density at radius 3 is 2.48 bits per heavy atom. The van der Waals surface area contributed by atoms with Crippen molar-refractivity contribution in [2.24, 2.45) is 0 Å². The second-order valence-corrected chi connectivity index (χ2v) is 7.57. The number of hydrogen-bond donors (Lipinski definition) is 2. The Balaban J connectivity index is 1.59. The summed E-state index contributed by atoms with van der Waals surface area (Å²) >= 11 is 11.8. The van der Waals surface area contributed by atoms with Crippen molar-refractivity contribution in [1.82, 2.24) is 19.5 Å². The minimum atomic E-state index is -0.795. The molecule has 0 saturated heterocycles. The molecule has 4 aromatic rings. The van der Waals surface area contributed by atoms with Crippen LogP contribution in [0.4, 0.5) is 4.39 Å². The molecule has 2 aromatic carbocycles. The van der Waals surface area contributed by atoms with Gasteiger partial charge in [0.1, 0.15) is 5.82 Å². The highest BCUT2D eigenvalue weighted by Gasteiger charge is 2.20. The monoisotopic (exact) mass is 460 g/mol. The highest BCUT2D eigenvalue weighted by molar-refractivity contribution is 6.42. The summed E-state index contributed by atoms with van der Waals surface area (Å²) in [6.45, 7) is 0.343. The maximum atomic E-state index is 13.1. The lowest BCUT2D eigenvalue weighted by Crippen LogP contribution is -2.29. The summed E-state index contributed by atoms with van der Waals surface area (Å²) in [5.41, 5.74) is 0.435. The lowest BCUT2D eigenvalue weighted by atomic mass is 10.2. The average Bonchev–Trinajstić information content (AvgIpc) is 3.15. The Bertz CT molecular complexity index is 1350. The second kappa shape index (κ2) is 8.41. The summed E-state index contributed by atoms with van der Waals surface area (Å²) in [4.78, 5) is 29.4. The zero-order chi connectivity index (χ0) is 22.1. The molecule has 0 atom stereocenters. The van der Waals surface area contributed by atoms with E-state index in [2.05, 4.69) is 10.3 Å².